The summed E-state index contributed by atoms with van der Waals surface area (Å²) in [7, 11) is 1.92. The Kier molecular flexibility index (Phi) is 3.75. The maximum absolute atomic E-state index is 7.53. The molecule has 0 atom stereocenters. The second kappa shape index (κ2) is 5.48. The molecule has 0 fully saturated rings. The van der Waals surface area contributed by atoms with Crippen LogP contribution in [0, 0.1) is 12.3 Å². The molecule has 0 unspecified atom stereocenters. The molecule has 0 radical (unpaired) electrons. The van der Waals surface area contributed by atoms with E-state index in [1.54, 1.807) is 12.4 Å². The minimum atomic E-state index is -0.0702. The number of amidine groups is 1. The normalized spacial score (nSPS) is 10.2. The van der Waals surface area contributed by atoms with Gasteiger partial charge in [0.2, 0.25) is 0 Å². The summed E-state index contributed by atoms with van der Waals surface area (Å²) in [6.45, 7) is 2.76. The van der Waals surface area contributed by atoms with Crippen LogP contribution in [0.1, 0.15) is 16.8 Å². The molecule has 2 rings (SSSR count). The van der Waals surface area contributed by atoms with E-state index in [0.29, 0.717) is 18.1 Å². The summed E-state index contributed by atoms with van der Waals surface area (Å²) in [5.41, 5.74) is 8.34. The first-order chi connectivity index (χ1) is 9.08. The van der Waals surface area contributed by atoms with Crippen LogP contribution in [0.5, 0.6) is 0 Å². The van der Waals surface area contributed by atoms with Gasteiger partial charge in [0.15, 0.2) is 5.82 Å². The average molecular weight is 255 g/mol. The highest BCUT2D eigenvalue weighted by molar-refractivity contribution is 5.97. The topological polar surface area (TPSA) is 78.9 Å². The zero-order valence-corrected chi connectivity index (χ0v) is 11.1. The molecule has 1 aromatic heterocycles. The fourth-order valence-corrected chi connectivity index (χ4v) is 1.96. The second-order valence-corrected chi connectivity index (χ2v) is 4.49. The number of benzene rings is 1. The van der Waals surface area contributed by atoms with Crippen LogP contribution < -0.4 is 10.6 Å². The highest BCUT2D eigenvalue weighted by atomic mass is 15.2. The molecule has 0 saturated carbocycles. The van der Waals surface area contributed by atoms with Crippen LogP contribution >= 0.6 is 0 Å². The Hall–Kier alpha value is -2.43. The van der Waals surface area contributed by atoms with Gasteiger partial charge in [0.05, 0.1) is 0 Å². The summed E-state index contributed by atoms with van der Waals surface area (Å²) in [6.07, 6.45) is 3.15. The van der Waals surface area contributed by atoms with Gasteiger partial charge in [0, 0.05) is 26.0 Å². The monoisotopic (exact) mass is 255 g/mol. The molecule has 5 heteroatoms. The van der Waals surface area contributed by atoms with Crippen molar-refractivity contribution in [2.75, 3.05) is 11.9 Å². The third-order valence-electron chi connectivity index (χ3n) is 2.80. The van der Waals surface area contributed by atoms with Crippen molar-refractivity contribution in [3.63, 3.8) is 0 Å². The lowest BCUT2D eigenvalue weighted by Gasteiger charge is -2.20. The first-order valence-corrected chi connectivity index (χ1v) is 6.00. The van der Waals surface area contributed by atoms with Crippen molar-refractivity contribution in [2.24, 2.45) is 5.73 Å². The van der Waals surface area contributed by atoms with Gasteiger partial charge in [-0.25, -0.2) is 9.97 Å². The lowest BCUT2D eigenvalue weighted by atomic mass is 10.1. The molecule has 0 aliphatic heterocycles. The number of aromatic nitrogens is 2. The maximum atomic E-state index is 7.53. The Bertz CT molecular complexity index is 594. The van der Waals surface area contributed by atoms with Gasteiger partial charge < -0.3 is 10.6 Å². The van der Waals surface area contributed by atoms with Crippen molar-refractivity contribution in [2.45, 2.75) is 13.5 Å². The first-order valence-electron chi connectivity index (χ1n) is 6.00. The minimum Gasteiger partial charge on any atom is -0.382 e. The Morgan fingerprint density at radius 2 is 2.05 bits per heavy atom. The van der Waals surface area contributed by atoms with Gasteiger partial charge in [-0.3, -0.25) is 5.41 Å². The minimum absolute atomic E-state index is 0.0702. The van der Waals surface area contributed by atoms with Crippen LogP contribution in [0.2, 0.25) is 0 Å². The van der Waals surface area contributed by atoms with Crippen molar-refractivity contribution in [1.29, 1.82) is 5.41 Å². The molecule has 0 saturated heterocycles. The third-order valence-corrected chi connectivity index (χ3v) is 2.80. The van der Waals surface area contributed by atoms with Crippen LogP contribution in [0.25, 0.3) is 0 Å². The zero-order valence-electron chi connectivity index (χ0n) is 11.1. The van der Waals surface area contributed by atoms with E-state index in [2.05, 4.69) is 35.1 Å². The number of rotatable bonds is 4. The quantitative estimate of drug-likeness (QED) is 0.644. The highest BCUT2D eigenvalue weighted by Crippen LogP contribution is 2.16. The molecular weight excluding hydrogens is 238 g/mol. The number of anilines is 1. The van der Waals surface area contributed by atoms with Crippen molar-refractivity contribution in [3.8, 4) is 0 Å². The van der Waals surface area contributed by atoms with Crippen LogP contribution in [0.4, 0.5) is 5.82 Å². The fraction of sp³-hybridized carbons (Fsp3) is 0.214. The third kappa shape index (κ3) is 3.07. The van der Waals surface area contributed by atoms with Crippen molar-refractivity contribution in [1.82, 2.24) is 9.97 Å². The van der Waals surface area contributed by atoms with Crippen molar-refractivity contribution in [3.05, 3.63) is 53.5 Å². The molecule has 0 bridgehead atoms. The molecule has 1 heterocycles. The van der Waals surface area contributed by atoms with E-state index in [1.807, 2.05) is 18.0 Å². The molecule has 19 heavy (non-hydrogen) atoms. The molecule has 0 spiro atoms. The summed E-state index contributed by atoms with van der Waals surface area (Å²) >= 11 is 0. The molecule has 5 nitrogen and oxygen atoms in total. The summed E-state index contributed by atoms with van der Waals surface area (Å²) < 4.78 is 0. The number of nitrogens with two attached hydrogens (primary N) is 1. The molecule has 1 aromatic carbocycles. The summed E-state index contributed by atoms with van der Waals surface area (Å²) in [5, 5.41) is 7.53. The van der Waals surface area contributed by atoms with Gasteiger partial charge >= 0.3 is 0 Å². The van der Waals surface area contributed by atoms with Crippen molar-refractivity contribution < 1.29 is 0 Å². The van der Waals surface area contributed by atoms with Gasteiger partial charge in [-0.05, 0) is 12.5 Å². The largest absolute Gasteiger partial charge is 0.382 e. The Morgan fingerprint density at radius 1 is 1.32 bits per heavy atom. The smallest absolute Gasteiger partial charge is 0.158 e. The molecule has 0 aliphatic carbocycles. The summed E-state index contributed by atoms with van der Waals surface area (Å²) in [6, 6.07) is 8.28. The lowest BCUT2D eigenvalue weighted by molar-refractivity contribution is 0.885. The van der Waals surface area contributed by atoms with Crippen LogP contribution in [-0.2, 0) is 6.54 Å². The SMILES string of the molecule is Cc1cccc(CN(C)c2nccnc2C(=N)N)c1. The van der Waals surface area contributed by atoms with E-state index < -0.39 is 0 Å². The molecule has 98 valence electrons. The maximum Gasteiger partial charge on any atom is 0.158 e. The van der Waals surface area contributed by atoms with Gasteiger partial charge in [0.25, 0.3) is 0 Å². The van der Waals surface area contributed by atoms with Crippen LogP contribution in [0.3, 0.4) is 0 Å². The van der Waals surface area contributed by atoms with E-state index >= 15 is 0 Å². The zero-order chi connectivity index (χ0) is 13.8. The van der Waals surface area contributed by atoms with E-state index in [1.165, 1.54) is 11.1 Å². The van der Waals surface area contributed by atoms with E-state index in [-0.39, 0.29) is 5.84 Å². The number of nitrogens with zero attached hydrogens (tertiary/aromatic N) is 3. The van der Waals surface area contributed by atoms with Gasteiger partial charge in [-0.15, -0.1) is 0 Å². The second-order valence-electron chi connectivity index (χ2n) is 4.49. The standard InChI is InChI=1S/C14H17N5/c1-10-4-3-5-11(8-10)9-19(2)14-12(13(15)16)17-6-7-18-14/h3-8H,9H2,1-2H3,(H3,15,16). The van der Waals surface area contributed by atoms with Crippen molar-refractivity contribution >= 4 is 11.7 Å². The average Bonchev–Trinajstić information content (AvgIpc) is 2.38. The highest BCUT2D eigenvalue weighted by Gasteiger charge is 2.12. The van der Waals surface area contributed by atoms with Gasteiger partial charge in [0.1, 0.15) is 11.5 Å². The first kappa shape index (κ1) is 13.0. The molecule has 2 aromatic rings. The lowest BCUT2D eigenvalue weighted by Crippen LogP contribution is -2.24. The van der Waals surface area contributed by atoms with Gasteiger partial charge in [-0.2, -0.15) is 0 Å². The number of nitrogens with one attached hydrogen (secondary N) is 1. The molecule has 0 amide bonds. The van der Waals surface area contributed by atoms with E-state index in [0.717, 1.165) is 0 Å². The predicted molar refractivity (Wildman–Crippen MR) is 76.3 cm³/mol. The Balaban J connectivity index is 2.25. The summed E-state index contributed by atoms with van der Waals surface area (Å²) in [4.78, 5) is 10.3. The van der Waals surface area contributed by atoms with Crippen LogP contribution in [-0.4, -0.2) is 22.9 Å². The number of nitrogen functional groups attached to an aromatic ring is 1. The van der Waals surface area contributed by atoms with E-state index in [9.17, 15) is 0 Å². The predicted octanol–water partition coefficient (Wildman–Crippen LogP) is 1.71. The van der Waals surface area contributed by atoms with Crippen LogP contribution in [0.15, 0.2) is 36.7 Å². The van der Waals surface area contributed by atoms with Gasteiger partial charge in [-0.1, -0.05) is 29.8 Å². The van der Waals surface area contributed by atoms with E-state index in [4.69, 9.17) is 11.1 Å². The molecular formula is C14H17N5. The fourth-order valence-electron chi connectivity index (χ4n) is 1.96. The Labute approximate surface area is 112 Å². The number of hydrogen-bond acceptors (Lipinski definition) is 4. The molecule has 3 N–H and O–H groups in total. The molecule has 0 aliphatic rings. The summed E-state index contributed by atoms with van der Waals surface area (Å²) in [5.74, 6) is 0.552. The Morgan fingerprint density at radius 3 is 2.74 bits per heavy atom. The number of aryl methyl sites for hydroxylation is 1. The number of hydrogen-bond donors (Lipinski definition) is 2.